The second-order valence-electron chi connectivity index (χ2n) is 23.3. The van der Waals surface area contributed by atoms with Crippen molar-refractivity contribution in [2.24, 2.45) is 9.98 Å². The van der Waals surface area contributed by atoms with Gasteiger partial charge in [-0.05, 0) is 103 Å². The lowest BCUT2D eigenvalue weighted by atomic mass is 10.0. The Morgan fingerprint density at radius 3 is 0.907 bits per heavy atom. The maximum atomic E-state index is 5.48. The van der Waals surface area contributed by atoms with E-state index < -0.39 is 0 Å². The minimum Gasteiger partial charge on any atom is -0.246 e. The molecule has 0 aliphatic rings. The molecule has 2 rings (SSSR count). The van der Waals surface area contributed by atoms with Crippen molar-refractivity contribution < 1.29 is 0 Å². The van der Waals surface area contributed by atoms with E-state index in [2.05, 4.69) is 102 Å². The van der Waals surface area contributed by atoms with Crippen LogP contribution in [0.25, 0.3) is 0 Å². The van der Waals surface area contributed by atoms with E-state index in [1.165, 1.54) is 266 Å². The van der Waals surface area contributed by atoms with Gasteiger partial charge >= 0.3 is 0 Å². The molecule has 426 valence electrons. The van der Waals surface area contributed by atoms with Gasteiger partial charge in [-0.1, -0.05) is 329 Å². The van der Waals surface area contributed by atoms with Gasteiger partial charge in [0.25, 0.3) is 0 Å². The molecule has 0 saturated heterocycles. The summed E-state index contributed by atoms with van der Waals surface area (Å²) in [7, 11) is 0. The molecule has 0 spiro atoms. The largest absolute Gasteiger partial charge is 0.246 e. The predicted octanol–water partition coefficient (Wildman–Crippen LogP) is 24.9. The van der Waals surface area contributed by atoms with Crippen LogP contribution in [0.4, 0.5) is 11.4 Å². The van der Waals surface area contributed by atoms with Crippen molar-refractivity contribution >= 4 is 22.8 Å². The van der Waals surface area contributed by atoms with E-state index in [1.54, 1.807) is 0 Å². The van der Waals surface area contributed by atoms with Crippen molar-refractivity contribution in [2.45, 2.75) is 356 Å². The molecule has 2 aromatic rings. The minimum absolute atomic E-state index is 0.821. The first kappa shape index (κ1) is 68.2. The summed E-state index contributed by atoms with van der Waals surface area (Å²) in [5, 5.41) is 0. The summed E-state index contributed by atoms with van der Waals surface area (Å²) in [4.78, 5) is 10.9. The van der Waals surface area contributed by atoms with Gasteiger partial charge in [0, 0.05) is 6.42 Å². The van der Waals surface area contributed by atoms with Crippen LogP contribution in [0, 0.1) is 11.8 Å². The van der Waals surface area contributed by atoms with Gasteiger partial charge in [0.05, 0.1) is 17.1 Å². The molecule has 0 bridgehead atoms. The topological polar surface area (TPSA) is 24.7 Å². The highest BCUT2D eigenvalue weighted by Gasteiger charge is 2.10. The number of unbranched alkanes of at least 4 members (excludes halogenated alkanes) is 39. The molecule has 0 amide bonds. The van der Waals surface area contributed by atoms with Crippen molar-refractivity contribution in [3.63, 3.8) is 0 Å². The molecular formula is C73H124N2. The lowest BCUT2D eigenvalue weighted by Crippen LogP contribution is -2.10. The Labute approximate surface area is 469 Å². The molecule has 75 heavy (non-hydrogen) atoms. The summed E-state index contributed by atoms with van der Waals surface area (Å²) in [5.41, 5.74) is 9.35. The summed E-state index contributed by atoms with van der Waals surface area (Å²) in [6.07, 6.45) is 70.4. The molecule has 0 aliphatic heterocycles. The summed E-state index contributed by atoms with van der Waals surface area (Å²) in [6.45, 7) is 13.7. The number of rotatable bonds is 52. The van der Waals surface area contributed by atoms with E-state index in [-0.39, 0.29) is 0 Å². The highest BCUT2D eigenvalue weighted by atomic mass is 14.8. The summed E-state index contributed by atoms with van der Waals surface area (Å²) >= 11 is 0. The average Bonchev–Trinajstić information content (AvgIpc) is 3.40. The van der Waals surface area contributed by atoms with Gasteiger partial charge in [-0.2, -0.15) is 0 Å². The molecule has 0 atom stereocenters. The van der Waals surface area contributed by atoms with E-state index in [1.807, 2.05) is 0 Å². The SMILES string of the molecule is CCCCCCCCCCCCCCCCCCCCC=CC(=Nc1cc(CCC)cc(CCC)c1)C(C#CCCCCCCCCCCCCCCCCCCCCCCC)=Nc1cc(CCC)cc(CCC)c1. The quantitative estimate of drug-likeness (QED) is 0.0358. The molecule has 0 unspecified atom stereocenters. The normalized spacial score (nSPS) is 12.1. The molecule has 2 nitrogen and oxygen atoms in total. The van der Waals surface area contributed by atoms with Gasteiger partial charge in [-0.25, -0.2) is 9.98 Å². The summed E-state index contributed by atoms with van der Waals surface area (Å²) in [6, 6.07) is 14.1. The zero-order valence-electron chi connectivity index (χ0n) is 51.2. The molecule has 0 aliphatic carbocycles. The monoisotopic (exact) mass is 1030 g/mol. The number of allylic oxidation sites excluding steroid dienone is 2. The first-order valence-corrected chi connectivity index (χ1v) is 33.6. The lowest BCUT2D eigenvalue weighted by Gasteiger charge is -2.09. The Morgan fingerprint density at radius 1 is 0.320 bits per heavy atom. The van der Waals surface area contributed by atoms with E-state index in [0.29, 0.717) is 0 Å². The maximum absolute atomic E-state index is 5.48. The van der Waals surface area contributed by atoms with Gasteiger partial charge < -0.3 is 0 Å². The minimum atomic E-state index is 0.821. The van der Waals surface area contributed by atoms with E-state index in [9.17, 15) is 0 Å². The standard InChI is InChI=1S/C73H124N2/c1-7-13-15-17-19-21-23-25-27-29-31-33-34-35-37-39-41-43-45-47-49-51-53-59-73(75-71-64-68(56-11-5)61-69(65-71)57-12-6)72(74-70-62-66(54-9-3)60-67(63-70)55-10-4)58-52-50-48-46-44-42-40-38-36-32-30-28-26-24-22-20-18-16-14-8-2/h52,58,60-65H,7-51,54-57H2,1-6H3. The Kier molecular flexibility index (Phi) is 47.1. The average molecular weight is 1030 g/mol. The Morgan fingerprint density at radius 2 is 0.600 bits per heavy atom. The summed E-state index contributed by atoms with van der Waals surface area (Å²) in [5.74, 6) is 7.31. The first-order valence-electron chi connectivity index (χ1n) is 33.6. The Balaban J connectivity index is 2.00. The predicted molar refractivity (Wildman–Crippen MR) is 341 cm³/mol. The van der Waals surface area contributed by atoms with Crippen LogP contribution in [0.2, 0.25) is 0 Å². The second-order valence-corrected chi connectivity index (χ2v) is 23.3. The fourth-order valence-corrected chi connectivity index (χ4v) is 11.1. The Hall–Kier alpha value is -2.92. The number of hydrogen-bond donors (Lipinski definition) is 0. The van der Waals surface area contributed by atoms with Crippen LogP contribution in [0.1, 0.15) is 353 Å². The van der Waals surface area contributed by atoms with Crippen molar-refractivity contribution in [3.8, 4) is 11.8 Å². The smallest absolute Gasteiger partial charge is 0.139 e. The van der Waals surface area contributed by atoms with Crippen LogP contribution in [0.5, 0.6) is 0 Å². The zero-order valence-corrected chi connectivity index (χ0v) is 51.2. The molecule has 0 radical (unpaired) electrons. The van der Waals surface area contributed by atoms with Crippen LogP contribution in [0.3, 0.4) is 0 Å². The highest BCUT2D eigenvalue weighted by Crippen LogP contribution is 2.25. The number of hydrogen-bond acceptors (Lipinski definition) is 2. The third kappa shape index (κ3) is 40.0. The maximum Gasteiger partial charge on any atom is 0.139 e. The molecule has 2 aromatic carbocycles. The number of aryl methyl sites for hydroxylation is 4. The van der Waals surface area contributed by atoms with Crippen molar-refractivity contribution in [1.29, 1.82) is 0 Å². The zero-order chi connectivity index (χ0) is 53.8. The van der Waals surface area contributed by atoms with Crippen LogP contribution < -0.4 is 0 Å². The first-order chi connectivity index (χ1) is 37.1. The van der Waals surface area contributed by atoms with Crippen LogP contribution in [0.15, 0.2) is 58.5 Å². The van der Waals surface area contributed by atoms with Gasteiger partial charge in [0.1, 0.15) is 5.71 Å². The van der Waals surface area contributed by atoms with Crippen molar-refractivity contribution in [1.82, 2.24) is 0 Å². The number of nitrogens with zero attached hydrogens (tertiary/aromatic N) is 2. The van der Waals surface area contributed by atoms with E-state index in [0.717, 1.165) is 93.4 Å². The third-order valence-electron chi connectivity index (χ3n) is 15.6. The van der Waals surface area contributed by atoms with Crippen LogP contribution in [-0.4, -0.2) is 11.4 Å². The van der Waals surface area contributed by atoms with Crippen LogP contribution >= 0.6 is 0 Å². The summed E-state index contributed by atoms with van der Waals surface area (Å²) < 4.78 is 0. The van der Waals surface area contributed by atoms with E-state index >= 15 is 0 Å². The molecular weight excluding hydrogens is 905 g/mol. The Bertz CT molecular complexity index is 1700. The van der Waals surface area contributed by atoms with Gasteiger partial charge in [-0.15, -0.1) is 0 Å². The number of benzene rings is 2. The van der Waals surface area contributed by atoms with Gasteiger partial charge in [0.2, 0.25) is 0 Å². The van der Waals surface area contributed by atoms with E-state index in [4.69, 9.17) is 9.98 Å². The number of aliphatic imine (C=N–C) groups is 2. The van der Waals surface area contributed by atoms with Gasteiger partial charge in [-0.3, -0.25) is 0 Å². The molecule has 0 fully saturated rings. The van der Waals surface area contributed by atoms with Crippen molar-refractivity contribution in [3.05, 3.63) is 70.8 Å². The molecule has 0 heterocycles. The highest BCUT2D eigenvalue weighted by molar-refractivity contribution is 6.53. The van der Waals surface area contributed by atoms with Gasteiger partial charge in [0.15, 0.2) is 0 Å². The van der Waals surface area contributed by atoms with Crippen LogP contribution in [-0.2, 0) is 25.7 Å². The molecule has 0 saturated carbocycles. The second kappa shape index (κ2) is 51.8. The fourth-order valence-electron chi connectivity index (χ4n) is 11.1. The van der Waals surface area contributed by atoms with Crippen molar-refractivity contribution in [2.75, 3.05) is 0 Å². The third-order valence-corrected chi connectivity index (χ3v) is 15.6. The molecule has 0 N–H and O–H groups in total. The lowest BCUT2D eigenvalue weighted by molar-refractivity contribution is 0.520. The fraction of sp³-hybridized carbons (Fsp3) is 0.753. The molecule has 0 aromatic heterocycles. The molecule has 2 heteroatoms.